The van der Waals surface area contributed by atoms with Crippen molar-refractivity contribution in [2.24, 2.45) is 5.41 Å². The van der Waals surface area contributed by atoms with Crippen LogP contribution < -0.4 is 10.6 Å². The zero-order valence-corrected chi connectivity index (χ0v) is 42.5. The van der Waals surface area contributed by atoms with E-state index in [1.807, 2.05) is 27.7 Å². The molecular weight excluding hydrogens is 833 g/mol. The van der Waals surface area contributed by atoms with Gasteiger partial charge in [-0.1, -0.05) is 142 Å². The van der Waals surface area contributed by atoms with E-state index in [2.05, 4.69) is 24.5 Å². The number of hydrogen-bond acceptors (Lipinski definition) is 12. The molecule has 380 valence electrons. The number of nitrogens with one attached hydrogen (secondary N) is 2. The molecule has 4 heterocycles. The van der Waals surface area contributed by atoms with Crippen molar-refractivity contribution >= 4 is 11.8 Å². The molecule has 0 aliphatic carbocycles. The number of rotatable bonds is 32. The summed E-state index contributed by atoms with van der Waals surface area (Å²) in [4.78, 5) is 30.2. The van der Waals surface area contributed by atoms with Gasteiger partial charge >= 0.3 is 0 Å². The molecule has 2 amide bonds. The van der Waals surface area contributed by atoms with Crippen LogP contribution in [0.1, 0.15) is 210 Å². The highest BCUT2D eigenvalue weighted by Crippen LogP contribution is 2.41. The number of carbonyl (C=O) groups is 2. The van der Waals surface area contributed by atoms with E-state index in [9.17, 15) is 10.2 Å². The first-order valence-corrected chi connectivity index (χ1v) is 26.0. The van der Waals surface area contributed by atoms with Crippen molar-refractivity contribution in [1.82, 2.24) is 10.6 Å². The predicted molar refractivity (Wildman–Crippen MR) is 251 cm³/mol. The largest absolute Gasteiger partial charge is 0.394 e. The molecule has 4 saturated heterocycles. The molecule has 0 aromatic rings. The average molecular weight is 927 g/mol. The molecule has 4 rings (SSSR count). The minimum Gasteiger partial charge on any atom is -0.394 e. The smallest absolute Gasteiger partial charge is 0.235 e. The van der Waals surface area contributed by atoms with Crippen LogP contribution in [0.4, 0.5) is 0 Å². The lowest BCUT2D eigenvalue weighted by atomic mass is 9.75. The summed E-state index contributed by atoms with van der Waals surface area (Å²) in [6.07, 6.45) is 18.4. The maximum atomic E-state index is 15.1. The molecule has 4 fully saturated rings. The van der Waals surface area contributed by atoms with Gasteiger partial charge in [0.25, 0.3) is 0 Å². The first kappa shape index (κ1) is 56.1. The van der Waals surface area contributed by atoms with E-state index in [-0.39, 0.29) is 38.1 Å². The molecular formula is C51H94N2O12. The third-order valence-corrected chi connectivity index (χ3v) is 13.6. The Morgan fingerprint density at radius 2 is 0.646 bits per heavy atom. The second-order valence-corrected chi connectivity index (χ2v) is 21.3. The standard InChI is InChI=1S/C51H94N2O12/c1-11-13-15-17-19-21-23-25-27-29-31-51(32-30-28-26-24-22-20-18-16-14-12-2,45(56)52-33-37-41(62-47(3,4)58-37)43-39(35-54)60-49(7,8)64-43)46(57)53-34-38-42(63-48(5,6)59-38)44-40(36-55)61-50(9,10)65-44/h37-44,54-55H,11-36H2,1-10H3,(H,52,56)(H,53,57)/t37-,38-,39+,40+,41+,42+,43-,44-/m0/s1. The summed E-state index contributed by atoms with van der Waals surface area (Å²) in [6, 6.07) is 0. The second kappa shape index (κ2) is 26.5. The molecule has 8 atom stereocenters. The van der Waals surface area contributed by atoms with Gasteiger partial charge in [-0.25, -0.2) is 0 Å². The van der Waals surface area contributed by atoms with Gasteiger partial charge in [-0.15, -0.1) is 0 Å². The van der Waals surface area contributed by atoms with E-state index in [0.717, 1.165) is 51.4 Å². The van der Waals surface area contributed by atoms with E-state index in [4.69, 9.17) is 37.9 Å². The van der Waals surface area contributed by atoms with Crippen LogP contribution in [0.3, 0.4) is 0 Å². The van der Waals surface area contributed by atoms with Gasteiger partial charge in [0.05, 0.1) is 13.2 Å². The second-order valence-electron chi connectivity index (χ2n) is 21.3. The molecule has 0 radical (unpaired) electrons. The van der Waals surface area contributed by atoms with Crippen molar-refractivity contribution in [1.29, 1.82) is 0 Å². The van der Waals surface area contributed by atoms with Crippen molar-refractivity contribution in [3.8, 4) is 0 Å². The van der Waals surface area contributed by atoms with Gasteiger partial charge in [-0.05, 0) is 68.2 Å². The molecule has 4 aliphatic heterocycles. The number of unbranched alkanes of at least 4 members (excludes halogenated alkanes) is 18. The molecule has 14 nitrogen and oxygen atoms in total. The Kier molecular flexibility index (Phi) is 22.9. The minimum atomic E-state index is -1.37. The molecule has 0 saturated carbocycles. The third-order valence-electron chi connectivity index (χ3n) is 13.6. The fourth-order valence-corrected chi connectivity index (χ4v) is 10.4. The number of aliphatic hydroxyl groups is 2. The highest BCUT2D eigenvalue weighted by Gasteiger charge is 2.56. The van der Waals surface area contributed by atoms with Gasteiger partial charge in [0.1, 0.15) is 54.2 Å². The fourth-order valence-electron chi connectivity index (χ4n) is 10.4. The Bertz CT molecular complexity index is 1290. The Morgan fingerprint density at radius 1 is 0.400 bits per heavy atom. The molecule has 4 N–H and O–H groups in total. The van der Waals surface area contributed by atoms with Gasteiger partial charge in [-0.3, -0.25) is 9.59 Å². The molecule has 65 heavy (non-hydrogen) atoms. The van der Waals surface area contributed by atoms with Gasteiger partial charge in [0.15, 0.2) is 23.1 Å². The molecule has 14 heteroatoms. The van der Waals surface area contributed by atoms with Crippen LogP contribution >= 0.6 is 0 Å². The van der Waals surface area contributed by atoms with Gasteiger partial charge in [0, 0.05) is 13.1 Å². The van der Waals surface area contributed by atoms with E-state index in [0.29, 0.717) is 12.8 Å². The Balaban J connectivity index is 1.55. The summed E-state index contributed by atoms with van der Waals surface area (Å²) < 4.78 is 50.1. The molecule has 0 aromatic carbocycles. The van der Waals surface area contributed by atoms with Crippen molar-refractivity contribution in [3.05, 3.63) is 0 Å². The van der Waals surface area contributed by atoms with Gasteiger partial charge < -0.3 is 58.7 Å². The van der Waals surface area contributed by atoms with Crippen LogP contribution in [0.25, 0.3) is 0 Å². The first-order chi connectivity index (χ1) is 30.8. The molecule has 0 unspecified atom stereocenters. The highest BCUT2D eigenvalue weighted by atomic mass is 16.8. The van der Waals surface area contributed by atoms with Crippen molar-refractivity contribution in [2.75, 3.05) is 26.3 Å². The average Bonchev–Trinajstić information content (AvgIpc) is 3.95. The van der Waals surface area contributed by atoms with Crippen molar-refractivity contribution in [2.45, 2.75) is 282 Å². The summed E-state index contributed by atoms with van der Waals surface area (Å²) in [7, 11) is 0. The van der Waals surface area contributed by atoms with Gasteiger partial charge in [0.2, 0.25) is 11.8 Å². The first-order valence-electron chi connectivity index (χ1n) is 26.0. The van der Waals surface area contributed by atoms with E-state index in [1.165, 1.54) is 77.0 Å². The summed E-state index contributed by atoms with van der Waals surface area (Å²) >= 11 is 0. The van der Waals surface area contributed by atoms with Crippen LogP contribution in [0.15, 0.2) is 0 Å². The zero-order valence-electron chi connectivity index (χ0n) is 42.5. The highest BCUT2D eigenvalue weighted by molar-refractivity contribution is 6.05. The summed E-state index contributed by atoms with van der Waals surface area (Å²) in [6.45, 7) is 18.6. The summed E-state index contributed by atoms with van der Waals surface area (Å²) in [5.74, 6) is -4.52. The Morgan fingerprint density at radius 3 is 0.923 bits per heavy atom. The van der Waals surface area contributed by atoms with Crippen LogP contribution in [-0.2, 0) is 47.5 Å². The summed E-state index contributed by atoms with van der Waals surface area (Å²) in [5, 5.41) is 26.9. The number of carbonyl (C=O) groups excluding carboxylic acids is 2. The van der Waals surface area contributed by atoms with E-state index in [1.54, 1.807) is 27.7 Å². The van der Waals surface area contributed by atoms with Gasteiger partial charge in [-0.2, -0.15) is 0 Å². The monoisotopic (exact) mass is 927 g/mol. The number of aliphatic hydroxyl groups excluding tert-OH is 2. The third kappa shape index (κ3) is 17.5. The predicted octanol–water partition coefficient (Wildman–Crippen LogP) is 8.89. The van der Waals surface area contributed by atoms with Crippen LogP contribution in [-0.4, -0.2) is 120 Å². The van der Waals surface area contributed by atoms with Crippen LogP contribution in [0, 0.1) is 5.41 Å². The number of amides is 2. The number of ether oxygens (including phenoxy) is 8. The maximum Gasteiger partial charge on any atom is 0.235 e. The van der Waals surface area contributed by atoms with Crippen molar-refractivity contribution < 1.29 is 57.7 Å². The summed E-state index contributed by atoms with van der Waals surface area (Å²) in [5.41, 5.74) is -1.37. The molecule has 0 bridgehead atoms. The lowest BCUT2D eigenvalue weighted by Crippen LogP contribution is -2.56. The Labute approximate surface area is 393 Å². The lowest BCUT2D eigenvalue weighted by molar-refractivity contribution is -0.175. The fraction of sp³-hybridized carbons (Fsp3) is 0.961. The SMILES string of the molecule is CCCCCCCCCCCCC(CCCCCCCCCCCC)(C(=O)NC[C@@H]1OC(C)(C)O[C@H]1[C@H]1OC(C)(C)O[C@@H]1CO)C(=O)NC[C@@H]1OC(C)(C)O[C@H]1[C@H]1OC(C)(C)O[C@@H]1CO. The number of hydrogen-bond donors (Lipinski definition) is 4. The lowest BCUT2D eigenvalue weighted by Gasteiger charge is -2.33. The maximum absolute atomic E-state index is 15.1. The molecule has 0 aromatic heterocycles. The topological polar surface area (TPSA) is 172 Å². The normalized spacial score (nSPS) is 29.1. The molecule has 0 spiro atoms. The van der Waals surface area contributed by atoms with Crippen LogP contribution in [0.2, 0.25) is 0 Å². The quantitative estimate of drug-likeness (QED) is 0.0374. The van der Waals surface area contributed by atoms with Crippen LogP contribution in [0.5, 0.6) is 0 Å². The minimum absolute atomic E-state index is 0.0731. The van der Waals surface area contributed by atoms with E-state index >= 15 is 9.59 Å². The molecule has 4 aliphatic rings. The van der Waals surface area contributed by atoms with E-state index < -0.39 is 77.4 Å². The van der Waals surface area contributed by atoms with Crippen molar-refractivity contribution in [3.63, 3.8) is 0 Å². The zero-order chi connectivity index (χ0) is 47.7. The Hall–Kier alpha value is -1.46.